The molecule has 0 bridgehead atoms. The molecule has 0 saturated carbocycles. The minimum absolute atomic E-state index is 0.384. The molecular formula is C16H15ClOS. The lowest BCUT2D eigenvalue weighted by atomic mass is 10.1. The third-order valence-corrected chi connectivity index (χ3v) is 4.94. The topological polar surface area (TPSA) is 17.1 Å². The second kappa shape index (κ2) is 6.18. The van der Waals surface area contributed by atoms with Crippen molar-refractivity contribution in [2.24, 2.45) is 0 Å². The molecular weight excluding hydrogens is 276 g/mol. The molecule has 2 aromatic rings. The molecule has 0 N–H and O–H groups in total. The maximum atomic E-state index is 12.4. The third kappa shape index (κ3) is 3.34. The Balaban J connectivity index is 2.35. The van der Waals surface area contributed by atoms with E-state index in [-0.39, 0.29) is 0 Å². The first-order chi connectivity index (χ1) is 9.09. The predicted octanol–water partition coefficient (Wildman–Crippen LogP) is 4.73. The third-order valence-electron chi connectivity index (χ3n) is 2.90. The molecule has 98 valence electrons. The van der Waals surface area contributed by atoms with E-state index in [0.29, 0.717) is 4.36 Å². The fourth-order valence-electron chi connectivity index (χ4n) is 1.71. The van der Waals surface area contributed by atoms with Gasteiger partial charge >= 0.3 is 0 Å². The monoisotopic (exact) mass is 290 g/mol. The largest absolute Gasteiger partial charge is 0.248 e. The van der Waals surface area contributed by atoms with Crippen LogP contribution in [0.1, 0.15) is 18.1 Å². The molecule has 0 spiro atoms. The smallest absolute Gasteiger partial charge is 0.113 e. The first-order valence-corrected chi connectivity index (χ1v) is 7.52. The van der Waals surface area contributed by atoms with E-state index in [1.807, 2.05) is 68.4 Å². The molecule has 1 nitrogen and oxygen atoms in total. The summed E-state index contributed by atoms with van der Waals surface area (Å²) in [5.74, 6) is 0. The number of hydrogen-bond donors (Lipinski definition) is 0. The van der Waals surface area contributed by atoms with Crippen molar-refractivity contribution >= 4 is 28.0 Å². The Bertz CT molecular complexity index is 615. The summed E-state index contributed by atoms with van der Waals surface area (Å²) in [5, 5.41) is 0. The molecule has 3 heteroatoms. The van der Waals surface area contributed by atoms with Crippen LogP contribution in [0.4, 0.5) is 0 Å². The van der Waals surface area contributed by atoms with E-state index >= 15 is 0 Å². The van der Waals surface area contributed by atoms with E-state index in [2.05, 4.69) is 0 Å². The van der Waals surface area contributed by atoms with Crippen LogP contribution < -0.4 is 0 Å². The van der Waals surface area contributed by atoms with Crippen LogP contribution in [0.5, 0.6) is 0 Å². The van der Waals surface area contributed by atoms with Crippen LogP contribution in [0.15, 0.2) is 63.9 Å². The van der Waals surface area contributed by atoms with Gasteiger partial charge in [-0.2, -0.15) is 0 Å². The lowest BCUT2D eigenvalue weighted by molar-refractivity contribution is 0.688. The molecule has 0 aromatic heterocycles. The molecule has 2 rings (SSSR count). The molecule has 0 aliphatic rings. The molecule has 0 amide bonds. The van der Waals surface area contributed by atoms with Crippen LogP contribution in [0.2, 0.25) is 0 Å². The minimum Gasteiger partial charge on any atom is -0.248 e. The molecule has 0 aliphatic carbocycles. The zero-order valence-electron chi connectivity index (χ0n) is 10.9. The molecule has 0 fully saturated rings. The maximum Gasteiger partial charge on any atom is 0.113 e. The first kappa shape index (κ1) is 14.0. The highest BCUT2D eigenvalue weighted by Gasteiger charge is 2.12. The fraction of sp³-hybridized carbons (Fsp3) is 0.125. The number of aryl methyl sites for hydroxylation is 1. The van der Waals surface area contributed by atoms with E-state index < -0.39 is 10.8 Å². The Morgan fingerprint density at radius 2 is 1.58 bits per heavy atom. The normalized spacial score (nSPS) is 13.8. The summed E-state index contributed by atoms with van der Waals surface area (Å²) in [7, 11) is -1.32. The summed E-state index contributed by atoms with van der Waals surface area (Å²) >= 11 is 6.27. The number of halogens is 1. The average Bonchev–Trinajstić information content (AvgIpc) is 2.46. The van der Waals surface area contributed by atoms with Crippen LogP contribution in [0.25, 0.3) is 5.57 Å². The predicted molar refractivity (Wildman–Crippen MR) is 82.5 cm³/mol. The average molecular weight is 291 g/mol. The van der Waals surface area contributed by atoms with Gasteiger partial charge in [-0.1, -0.05) is 59.6 Å². The van der Waals surface area contributed by atoms with Crippen molar-refractivity contribution in [1.82, 2.24) is 0 Å². The highest BCUT2D eigenvalue weighted by atomic mass is 35.5. The molecule has 0 saturated heterocycles. The highest BCUT2D eigenvalue weighted by Crippen LogP contribution is 2.27. The van der Waals surface area contributed by atoms with Crippen LogP contribution in [-0.4, -0.2) is 4.21 Å². The van der Waals surface area contributed by atoms with E-state index in [1.165, 1.54) is 0 Å². The summed E-state index contributed by atoms with van der Waals surface area (Å²) in [6.45, 7) is 3.89. The van der Waals surface area contributed by atoms with E-state index in [4.69, 9.17) is 11.6 Å². The second-order valence-electron chi connectivity index (χ2n) is 4.35. The van der Waals surface area contributed by atoms with Crippen molar-refractivity contribution < 1.29 is 4.21 Å². The van der Waals surface area contributed by atoms with Crippen molar-refractivity contribution in [2.45, 2.75) is 18.7 Å². The van der Waals surface area contributed by atoms with Gasteiger partial charge in [0.2, 0.25) is 0 Å². The van der Waals surface area contributed by atoms with Crippen LogP contribution in [-0.2, 0) is 10.8 Å². The van der Waals surface area contributed by atoms with Gasteiger partial charge in [-0.3, -0.25) is 0 Å². The highest BCUT2D eigenvalue weighted by molar-refractivity contribution is 7.91. The van der Waals surface area contributed by atoms with E-state index in [9.17, 15) is 4.21 Å². The molecule has 1 atom stereocenters. The number of hydrogen-bond acceptors (Lipinski definition) is 1. The van der Waals surface area contributed by atoms with Gasteiger partial charge in [0.1, 0.15) is 4.36 Å². The van der Waals surface area contributed by atoms with Crippen LogP contribution in [0.3, 0.4) is 0 Å². The lowest BCUT2D eigenvalue weighted by Gasteiger charge is -2.06. The van der Waals surface area contributed by atoms with Gasteiger partial charge in [0.05, 0.1) is 10.8 Å². The van der Waals surface area contributed by atoms with E-state index in [0.717, 1.165) is 21.6 Å². The Kier molecular flexibility index (Phi) is 4.56. The van der Waals surface area contributed by atoms with Crippen molar-refractivity contribution in [3.63, 3.8) is 0 Å². The summed E-state index contributed by atoms with van der Waals surface area (Å²) in [5.41, 5.74) is 2.98. The molecule has 2 aromatic carbocycles. The number of rotatable bonds is 3. The van der Waals surface area contributed by atoms with Gasteiger partial charge in [-0.15, -0.1) is 0 Å². The van der Waals surface area contributed by atoms with Crippen LogP contribution in [0, 0.1) is 6.92 Å². The van der Waals surface area contributed by atoms with Crippen molar-refractivity contribution in [3.8, 4) is 0 Å². The molecule has 0 radical (unpaired) electrons. The van der Waals surface area contributed by atoms with E-state index in [1.54, 1.807) is 0 Å². The Morgan fingerprint density at radius 1 is 1.00 bits per heavy atom. The number of allylic oxidation sites excluding steroid dienone is 1. The summed E-state index contributed by atoms with van der Waals surface area (Å²) < 4.78 is 12.8. The van der Waals surface area contributed by atoms with Gasteiger partial charge in [0.25, 0.3) is 0 Å². The molecule has 19 heavy (non-hydrogen) atoms. The summed E-state index contributed by atoms with van der Waals surface area (Å²) in [4.78, 5) is 0.728. The maximum absolute atomic E-state index is 12.4. The lowest BCUT2D eigenvalue weighted by Crippen LogP contribution is -1.94. The fourth-order valence-corrected chi connectivity index (χ4v) is 3.07. The van der Waals surface area contributed by atoms with Gasteiger partial charge in [0, 0.05) is 4.90 Å². The van der Waals surface area contributed by atoms with Gasteiger partial charge in [-0.05, 0) is 37.1 Å². The second-order valence-corrected chi connectivity index (χ2v) is 6.37. The summed E-state index contributed by atoms with van der Waals surface area (Å²) in [6, 6.07) is 17.3. The molecule has 0 heterocycles. The van der Waals surface area contributed by atoms with Gasteiger partial charge in [-0.25, -0.2) is 4.21 Å². The van der Waals surface area contributed by atoms with Gasteiger partial charge < -0.3 is 0 Å². The zero-order chi connectivity index (χ0) is 13.8. The number of benzene rings is 2. The Hall–Kier alpha value is -1.38. The quantitative estimate of drug-likeness (QED) is 0.798. The van der Waals surface area contributed by atoms with Crippen molar-refractivity contribution in [1.29, 1.82) is 0 Å². The molecule has 0 aliphatic heterocycles. The van der Waals surface area contributed by atoms with Crippen molar-refractivity contribution in [2.75, 3.05) is 0 Å². The zero-order valence-corrected chi connectivity index (χ0v) is 12.5. The van der Waals surface area contributed by atoms with Gasteiger partial charge in [0.15, 0.2) is 0 Å². The SMILES string of the molecule is CC(=C(Cl)S(=O)c1ccc(C)cc1)c1ccccc1. The first-order valence-electron chi connectivity index (χ1n) is 6.00. The Labute approximate surface area is 121 Å². The minimum atomic E-state index is -1.32. The van der Waals surface area contributed by atoms with Crippen molar-refractivity contribution in [3.05, 3.63) is 70.1 Å². The molecule has 1 unspecified atom stereocenters. The van der Waals surface area contributed by atoms with Crippen LogP contribution >= 0.6 is 11.6 Å². The Morgan fingerprint density at radius 3 is 2.16 bits per heavy atom. The standard InChI is InChI=1S/C16H15ClOS/c1-12-8-10-15(11-9-12)19(18)16(17)13(2)14-6-4-3-5-7-14/h3-11H,1-2H3. The summed E-state index contributed by atoms with van der Waals surface area (Å²) in [6.07, 6.45) is 0.